The van der Waals surface area contributed by atoms with Crippen LogP contribution in [0.25, 0.3) is 0 Å². The lowest BCUT2D eigenvalue weighted by Crippen LogP contribution is -2.35. The third kappa shape index (κ3) is 2.64. The lowest BCUT2D eigenvalue weighted by Gasteiger charge is -2.24. The van der Waals surface area contributed by atoms with Crippen molar-refractivity contribution in [1.82, 2.24) is 0 Å². The first-order chi connectivity index (χ1) is 8.43. The number of amides is 1. The highest BCUT2D eigenvalue weighted by Gasteiger charge is 2.19. The summed E-state index contributed by atoms with van der Waals surface area (Å²) in [5.74, 6) is 0.700. The van der Waals surface area contributed by atoms with Gasteiger partial charge in [-0.2, -0.15) is 0 Å². The van der Waals surface area contributed by atoms with Crippen LogP contribution >= 0.6 is 0 Å². The number of rotatable bonds is 4. The number of benzene rings is 1. The largest absolute Gasteiger partial charge is 0.496 e. The van der Waals surface area contributed by atoms with E-state index in [1.807, 2.05) is 32.9 Å². The number of carbonyl (C=O) groups excluding carboxylic acids is 1. The van der Waals surface area contributed by atoms with Crippen LogP contribution in [0.2, 0.25) is 0 Å². The number of ether oxygens (including phenoxy) is 1. The van der Waals surface area contributed by atoms with E-state index in [4.69, 9.17) is 10.5 Å². The molecule has 100 valence electrons. The minimum atomic E-state index is -0.170. The summed E-state index contributed by atoms with van der Waals surface area (Å²) in [5, 5.41) is 0. The third-order valence-corrected chi connectivity index (χ3v) is 3.40. The van der Waals surface area contributed by atoms with Gasteiger partial charge < -0.3 is 15.4 Å². The molecule has 0 aliphatic heterocycles. The number of anilines is 1. The Labute approximate surface area is 109 Å². The second-order valence-corrected chi connectivity index (χ2v) is 4.57. The predicted octanol–water partition coefficient (Wildman–Crippen LogP) is 1.87. The van der Waals surface area contributed by atoms with Crippen LogP contribution in [0.4, 0.5) is 5.69 Å². The van der Waals surface area contributed by atoms with Crippen LogP contribution < -0.4 is 15.4 Å². The smallest absolute Gasteiger partial charge is 0.230 e. The number of carbonyl (C=O) groups is 1. The zero-order chi connectivity index (χ0) is 13.9. The summed E-state index contributed by atoms with van der Waals surface area (Å²) in [6, 6.07) is 3.79. The summed E-state index contributed by atoms with van der Waals surface area (Å²) in [6.07, 6.45) is 0. The van der Waals surface area contributed by atoms with Gasteiger partial charge in [-0.3, -0.25) is 4.79 Å². The minimum Gasteiger partial charge on any atom is -0.496 e. The van der Waals surface area contributed by atoms with Gasteiger partial charge in [0.15, 0.2) is 0 Å². The highest BCUT2D eigenvalue weighted by molar-refractivity contribution is 5.95. The number of nitrogens with zero attached hydrogens (tertiary/aromatic N) is 1. The molecule has 0 fully saturated rings. The Kier molecular flexibility index (Phi) is 4.73. The highest BCUT2D eigenvalue weighted by Crippen LogP contribution is 2.29. The van der Waals surface area contributed by atoms with Crippen LogP contribution in [-0.4, -0.2) is 26.6 Å². The van der Waals surface area contributed by atoms with E-state index in [0.717, 1.165) is 22.6 Å². The summed E-state index contributed by atoms with van der Waals surface area (Å²) in [5.41, 5.74) is 8.54. The summed E-state index contributed by atoms with van der Waals surface area (Å²) in [6.45, 7) is 6.17. The van der Waals surface area contributed by atoms with Crippen molar-refractivity contribution in [2.24, 2.45) is 11.7 Å². The molecule has 0 aliphatic rings. The van der Waals surface area contributed by atoms with Gasteiger partial charge in [0.2, 0.25) is 5.91 Å². The van der Waals surface area contributed by atoms with E-state index in [1.54, 1.807) is 19.1 Å². The van der Waals surface area contributed by atoms with Crippen molar-refractivity contribution in [2.45, 2.75) is 20.8 Å². The van der Waals surface area contributed by atoms with Gasteiger partial charge in [-0.25, -0.2) is 0 Å². The van der Waals surface area contributed by atoms with Crippen molar-refractivity contribution in [2.75, 3.05) is 25.6 Å². The van der Waals surface area contributed by atoms with Gasteiger partial charge in [-0.15, -0.1) is 0 Å². The highest BCUT2D eigenvalue weighted by atomic mass is 16.5. The van der Waals surface area contributed by atoms with E-state index in [1.165, 1.54) is 0 Å². The van der Waals surface area contributed by atoms with Crippen molar-refractivity contribution >= 4 is 11.6 Å². The summed E-state index contributed by atoms with van der Waals surface area (Å²) in [7, 11) is 3.43. The van der Waals surface area contributed by atoms with Crippen molar-refractivity contribution in [1.29, 1.82) is 0 Å². The molecule has 0 heterocycles. The topological polar surface area (TPSA) is 55.6 Å². The van der Waals surface area contributed by atoms with Crippen LogP contribution in [0, 0.1) is 19.8 Å². The molecular formula is C14H22N2O2. The molecule has 0 aliphatic carbocycles. The second kappa shape index (κ2) is 5.87. The van der Waals surface area contributed by atoms with Crippen molar-refractivity contribution in [3.05, 3.63) is 23.3 Å². The summed E-state index contributed by atoms with van der Waals surface area (Å²) < 4.78 is 5.27. The number of hydrogen-bond donors (Lipinski definition) is 1. The zero-order valence-corrected chi connectivity index (χ0v) is 11.8. The monoisotopic (exact) mass is 250 g/mol. The molecule has 4 nitrogen and oxygen atoms in total. The molecule has 1 aromatic rings. The fourth-order valence-corrected chi connectivity index (χ4v) is 1.92. The van der Waals surface area contributed by atoms with Gasteiger partial charge in [0, 0.05) is 25.2 Å². The van der Waals surface area contributed by atoms with E-state index in [2.05, 4.69) is 0 Å². The first-order valence-corrected chi connectivity index (χ1v) is 6.05. The van der Waals surface area contributed by atoms with Crippen LogP contribution in [0.5, 0.6) is 5.75 Å². The molecule has 0 saturated heterocycles. The fourth-order valence-electron chi connectivity index (χ4n) is 1.92. The molecule has 0 spiro atoms. The molecule has 2 N–H and O–H groups in total. The quantitative estimate of drug-likeness (QED) is 0.887. The Morgan fingerprint density at radius 1 is 1.39 bits per heavy atom. The maximum Gasteiger partial charge on any atom is 0.230 e. The van der Waals surface area contributed by atoms with Crippen molar-refractivity contribution in [3.63, 3.8) is 0 Å². The maximum atomic E-state index is 12.1. The molecule has 0 saturated carbocycles. The van der Waals surface area contributed by atoms with Gasteiger partial charge in [-0.05, 0) is 37.1 Å². The average molecular weight is 250 g/mol. The molecule has 1 aromatic carbocycles. The first-order valence-electron chi connectivity index (χ1n) is 6.05. The first kappa shape index (κ1) is 14.5. The van der Waals surface area contributed by atoms with Gasteiger partial charge in [0.25, 0.3) is 0 Å². The average Bonchev–Trinajstić information content (AvgIpc) is 2.39. The van der Waals surface area contributed by atoms with E-state index in [-0.39, 0.29) is 11.8 Å². The van der Waals surface area contributed by atoms with Gasteiger partial charge >= 0.3 is 0 Å². The lowest BCUT2D eigenvalue weighted by molar-refractivity contribution is -0.121. The number of hydrogen-bond acceptors (Lipinski definition) is 3. The SMILES string of the molecule is COc1ccc(N(C)C(=O)C(C)CN)c(C)c1C. The Hall–Kier alpha value is -1.55. The standard InChI is InChI=1S/C14H22N2O2/c1-9(8-15)14(17)16(4)12-6-7-13(18-5)11(3)10(12)2/h6-7,9H,8,15H2,1-5H3. The number of methoxy groups -OCH3 is 1. The maximum absolute atomic E-state index is 12.1. The van der Waals surface area contributed by atoms with Crippen molar-refractivity contribution in [3.8, 4) is 5.75 Å². The lowest BCUT2D eigenvalue weighted by atomic mass is 10.0. The predicted molar refractivity (Wildman–Crippen MR) is 74.1 cm³/mol. The third-order valence-electron chi connectivity index (χ3n) is 3.40. The molecule has 1 rings (SSSR count). The van der Waals surface area contributed by atoms with Crippen LogP contribution in [0.1, 0.15) is 18.1 Å². The zero-order valence-electron chi connectivity index (χ0n) is 11.8. The van der Waals surface area contributed by atoms with Crippen LogP contribution in [-0.2, 0) is 4.79 Å². The molecule has 18 heavy (non-hydrogen) atoms. The van der Waals surface area contributed by atoms with Crippen LogP contribution in [0.15, 0.2) is 12.1 Å². The van der Waals surface area contributed by atoms with Gasteiger partial charge in [0.1, 0.15) is 5.75 Å². The Bertz CT molecular complexity index is 444. The van der Waals surface area contributed by atoms with Gasteiger partial charge in [0.05, 0.1) is 7.11 Å². The summed E-state index contributed by atoms with van der Waals surface area (Å²) in [4.78, 5) is 13.8. The Morgan fingerprint density at radius 2 is 2.00 bits per heavy atom. The summed E-state index contributed by atoms with van der Waals surface area (Å²) >= 11 is 0. The molecule has 4 heteroatoms. The molecule has 0 bridgehead atoms. The number of nitrogens with two attached hydrogens (primary N) is 1. The Balaban J connectivity index is 3.11. The fraction of sp³-hybridized carbons (Fsp3) is 0.500. The van der Waals surface area contributed by atoms with E-state index >= 15 is 0 Å². The van der Waals surface area contributed by atoms with Gasteiger partial charge in [-0.1, -0.05) is 6.92 Å². The van der Waals surface area contributed by atoms with Crippen LogP contribution in [0.3, 0.4) is 0 Å². The molecule has 1 amide bonds. The second-order valence-electron chi connectivity index (χ2n) is 4.57. The molecule has 0 radical (unpaired) electrons. The Morgan fingerprint density at radius 3 is 2.50 bits per heavy atom. The van der Waals surface area contributed by atoms with Crippen molar-refractivity contribution < 1.29 is 9.53 Å². The minimum absolute atomic E-state index is 0.0326. The van der Waals surface area contributed by atoms with E-state index in [0.29, 0.717) is 6.54 Å². The molecular weight excluding hydrogens is 228 g/mol. The molecule has 0 aromatic heterocycles. The molecule has 1 unspecified atom stereocenters. The normalized spacial score (nSPS) is 12.1. The van der Waals surface area contributed by atoms with E-state index in [9.17, 15) is 4.79 Å². The molecule has 1 atom stereocenters. The van der Waals surface area contributed by atoms with E-state index < -0.39 is 0 Å².